The molecule has 1 aliphatic rings. The number of rotatable bonds is 3. The van der Waals surface area contributed by atoms with Crippen LogP contribution in [0.1, 0.15) is 45.6 Å². The largest absolute Gasteiger partial charge is 0.493 e. The first-order valence-corrected chi connectivity index (χ1v) is 7.78. The Balaban J connectivity index is 0.00000242. The lowest BCUT2D eigenvalue weighted by atomic mass is 9.93. The van der Waals surface area contributed by atoms with Gasteiger partial charge in [0, 0.05) is 24.5 Å². The molecule has 0 spiro atoms. The van der Waals surface area contributed by atoms with E-state index in [2.05, 4.69) is 50.5 Å². The third kappa shape index (κ3) is 5.66. The number of para-hydroxylation sites is 1. The third-order valence-corrected chi connectivity index (χ3v) is 3.39. The average Bonchev–Trinajstić information content (AvgIpc) is 2.43. The number of hydrogen-bond acceptors (Lipinski definition) is 2. The van der Waals surface area contributed by atoms with E-state index in [4.69, 9.17) is 9.73 Å². The van der Waals surface area contributed by atoms with E-state index in [1.54, 1.807) is 0 Å². The zero-order valence-electron chi connectivity index (χ0n) is 14.0. The molecule has 0 aliphatic carbocycles. The molecule has 1 aromatic carbocycles. The summed E-state index contributed by atoms with van der Waals surface area (Å²) in [6.45, 7) is 10.9. The third-order valence-electron chi connectivity index (χ3n) is 3.39. The van der Waals surface area contributed by atoms with Gasteiger partial charge in [-0.15, -0.1) is 24.0 Å². The molecular formula is C17H28IN3O. The van der Waals surface area contributed by atoms with E-state index >= 15 is 0 Å². The highest BCUT2D eigenvalue weighted by molar-refractivity contribution is 14.0. The zero-order chi connectivity index (χ0) is 15.3. The van der Waals surface area contributed by atoms with Crippen molar-refractivity contribution in [2.45, 2.75) is 45.6 Å². The summed E-state index contributed by atoms with van der Waals surface area (Å²) in [7, 11) is 0. The number of benzene rings is 1. The van der Waals surface area contributed by atoms with Gasteiger partial charge in [0.15, 0.2) is 5.96 Å². The molecule has 5 heteroatoms. The summed E-state index contributed by atoms with van der Waals surface area (Å²) < 4.78 is 5.71. The molecule has 1 atom stereocenters. The van der Waals surface area contributed by atoms with Crippen molar-refractivity contribution in [1.82, 2.24) is 10.6 Å². The molecule has 2 rings (SSSR count). The van der Waals surface area contributed by atoms with Crippen LogP contribution in [-0.2, 0) is 0 Å². The van der Waals surface area contributed by atoms with Crippen LogP contribution >= 0.6 is 24.0 Å². The van der Waals surface area contributed by atoms with Gasteiger partial charge in [0.25, 0.3) is 0 Å². The van der Waals surface area contributed by atoms with Gasteiger partial charge >= 0.3 is 0 Å². The predicted octanol–water partition coefficient (Wildman–Crippen LogP) is 3.52. The molecule has 0 fully saturated rings. The Kier molecular flexibility index (Phi) is 7.45. The number of fused-ring (bicyclic) bond motifs is 1. The number of nitrogens with zero attached hydrogens (tertiary/aromatic N) is 1. The standard InChI is InChI=1S/C17H27N3O.HI/c1-5-18-16(20-17(2,3)4)19-12-13-10-11-21-15-9-7-6-8-14(13)15;/h6-9,13H,5,10-12H2,1-4H3,(H2,18,19,20);1H. The first kappa shape index (κ1) is 19.1. The molecule has 1 heterocycles. The van der Waals surface area contributed by atoms with Crippen molar-refractivity contribution >= 4 is 29.9 Å². The lowest BCUT2D eigenvalue weighted by Crippen LogP contribution is -2.47. The van der Waals surface area contributed by atoms with Crippen molar-refractivity contribution in [1.29, 1.82) is 0 Å². The van der Waals surface area contributed by atoms with Crippen molar-refractivity contribution in [2.24, 2.45) is 4.99 Å². The minimum Gasteiger partial charge on any atom is -0.493 e. The van der Waals surface area contributed by atoms with Crippen LogP contribution in [0, 0.1) is 0 Å². The molecule has 4 nitrogen and oxygen atoms in total. The van der Waals surface area contributed by atoms with Gasteiger partial charge < -0.3 is 15.4 Å². The van der Waals surface area contributed by atoms with Crippen LogP contribution in [0.3, 0.4) is 0 Å². The molecular weight excluding hydrogens is 389 g/mol. The zero-order valence-corrected chi connectivity index (χ0v) is 16.3. The van der Waals surface area contributed by atoms with Crippen LogP contribution in [0.5, 0.6) is 5.75 Å². The van der Waals surface area contributed by atoms with Crippen LogP contribution in [-0.4, -0.2) is 31.2 Å². The molecule has 124 valence electrons. The Morgan fingerprint density at radius 3 is 2.73 bits per heavy atom. The van der Waals surface area contributed by atoms with E-state index in [0.717, 1.165) is 37.8 Å². The number of hydrogen-bond donors (Lipinski definition) is 2. The Morgan fingerprint density at radius 1 is 1.32 bits per heavy atom. The first-order chi connectivity index (χ1) is 9.99. The fourth-order valence-electron chi connectivity index (χ4n) is 2.47. The Bertz CT molecular complexity index is 497. The molecule has 0 saturated carbocycles. The van der Waals surface area contributed by atoms with Crippen LogP contribution in [0.15, 0.2) is 29.3 Å². The number of nitrogens with one attached hydrogen (secondary N) is 2. The number of halogens is 1. The second-order valence-corrected chi connectivity index (χ2v) is 6.47. The molecule has 1 aliphatic heterocycles. The molecule has 22 heavy (non-hydrogen) atoms. The number of ether oxygens (including phenoxy) is 1. The van der Waals surface area contributed by atoms with Crippen molar-refractivity contribution in [2.75, 3.05) is 19.7 Å². The SMILES string of the molecule is CCNC(=NCC1CCOc2ccccc21)NC(C)(C)C.I. The normalized spacial score (nSPS) is 17.8. The lowest BCUT2D eigenvalue weighted by molar-refractivity contribution is 0.269. The van der Waals surface area contributed by atoms with E-state index < -0.39 is 0 Å². The molecule has 0 aromatic heterocycles. The Hall–Kier alpha value is -0.980. The highest BCUT2D eigenvalue weighted by atomic mass is 127. The summed E-state index contributed by atoms with van der Waals surface area (Å²) in [5, 5.41) is 6.74. The summed E-state index contributed by atoms with van der Waals surface area (Å²) in [5.41, 5.74) is 1.29. The second-order valence-electron chi connectivity index (χ2n) is 6.47. The van der Waals surface area contributed by atoms with Crippen LogP contribution < -0.4 is 15.4 Å². The van der Waals surface area contributed by atoms with E-state index in [9.17, 15) is 0 Å². The van der Waals surface area contributed by atoms with Gasteiger partial charge in [0.1, 0.15) is 5.75 Å². The quantitative estimate of drug-likeness (QED) is 0.450. The maximum atomic E-state index is 5.71. The van der Waals surface area contributed by atoms with E-state index in [0.29, 0.717) is 5.92 Å². The van der Waals surface area contributed by atoms with Crippen molar-refractivity contribution < 1.29 is 4.74 Å². The van der Waals surface area contributed by atoms with Crippen LogP contribution in [0.4, 0.5) is 0 Å². The molecule has 0 radical (unpaired) electrons. The van der Waals surface area contributed by atoms with Crippen LogP contribution in [0.25, 0.3) is 0 Å². The van der Waals surface area contributed by atoms with Crippen molar-refractivity contribution in [3.8, 4) is 5.75 Å². The van der Waals surface area contributed by atoms with Gasteiger partial charge in [-0.3, -0.25) is 4.99 Å². The fourth-order valence-corrected chi connectivity index (χ4v) is 2.47. The van der Waals surface area contributed by atoms with Crippen LogP contribution in [0.2, 0.25) is 0 Å². The average molecular weight is 417 g/mol. The van der Waals surface area contributed by atoms with Gasteiger partial charge in [-0.2, -0.15) is 0 Å². The highest BCUT2D eigenvalue weighted by Crippen LogP contribution is 2.33. The summed E-state index contributed by atoms with van der Waals surface area (Å²) >= 11 is 0. The van der Waals surface area contributed by atoms with Gasteiger partial charge in [-0.1, -0.05) is 18.2 Å². The maximum Gasteiger partial charge on any atom is 0.191 e. The summed E-state index contributed by atoms with van der Waals surface area (Å²) in [6, 6.07) is 8.29. The summed E-state index contributed by atoms with van der Waals surface area (Å²) in [6.07, 6.45) is 1.02. The van der Waals surface area contributed by atoms with Gasteiger partial charge in [-0.05, 0) is 45.7 Å². The minimum atomic E-state index is 0. The smallest absolute Gasteiger partial charge is 0.191 e. The summed E-state index contributed by atoms with van der Waals surface area (Å²) in [5.74, 6) is 2.33. The monoisotopic (exact) mass is 417 g/mol. The van der Waals surface area contributed by atoms with Gasteiger partial charge in [-0.25, -0.2) is 0 Å². The van der Waals surface area contributed by atoms with E-state index in [-0.39, 0.29) is 29.5 Å². The first-order valence-electron chi connectivity index (χ1n) is 7.78. The van der Waals surface area contributed by atoms with Gasteiger partial charge in [0.2, 0.25) is 0 Å². The van der Waals surface area contributed by atoms with Crippen molar-refractivity contribution in [3.63, 3.8) is 0 Å². The van der Waals surface area contributed by atoms with E-state index in [1.165, 1.54) is 5.56 Å². The number of aliphatic imine (C=N–C) groups is 1. The highest BCUT2D eigenvalue weighted by Gasteiger charge is 2.21. The Morgan fingerprint density at radius 2 is 2.05 bits per heavy atom. The van der Waals surface area contributed by atoms with Crippen molar-refractivity contribution in [3.05, 3.63) is 29.8 Å². The molecule has 0 saturated heterocycles. The number of guanidine groups is 1. The maximum absolute atomic E-state index is 5.71. The second kappa shape index (κ2) is 8.60. The molecule has 1 unspecified atom stereocenters. The summed E-state index contributed by atoms with van der Waals surface area (Å²) in [4.78, 5) is 4.76. The molecule has 0 bridgehead atoms. The van der Waals surface area contributed by atoms with E-state index in [1.807, 2.05) is 12.1 Å². The predicted molar refractivity (Wildman–Crippen MR) is 104 cm³/mol. The fraction of sp³-hybridized carbons (Fsp3) is 0.588. The topological polar surface area (TPSA) is 45.7 Å². The molecule has 0 amide bonds. The molecule has 1 aromatic rings. The molecule has 2 N–H and O–H groups in total. The van der Waals surface area contributed by atoms with Gasteiger partial charge in [0.05, 0.1) is 6.61 Å². The lowest BCUT2D eigenvalue weighted by Gasteiger charge is -2.26. The minimum absolute atomic E-state index is 0. The Labute approximate surface area is 151 Å².